The summed E-state index contributed by atoms with van der Waals surface area (Å²) in [6, 6.07) is 6.61. The molecule has 1 unspecified atom stereocenters. The first-order valence-electron chi connectivity index (χ1n) is 5.28. The number of ether oxygens (including phenoxy) is 1. The Labute approximate surface area is 99.8 Å². The van der Waals surface area contributed by atoms with Gasteiger partial charge in [-0.1, -0.05) is 12.1 Å². The van der Waals surface area contributed by atoms with Gasteiger partial charge in [-0.05, 0) is 25.0 Å². The number of benzene rings is 1. The van der Waals surface area contributed by atoms with E-state index in [0.717, 1.165) is 6.42 Å². The molecular formula is C12H17FO2S. The van der Waals surface area contributed by atoms with Crippen molar-refractivity contribution in [3.8, 4) is 0 Å². The normalized spacial score (nSPS) is 12.7. The Bertz CT molecular complexity index is 307. The van der Waals surface area contributed by atoms with Crippen LogP contribution in [0, 0.1) is 5.82 Å². The average Bonchev–Trinajstić information content (AvgIpc) is 2.28. The molecule has 2 nitrogen and oxygen atoms in total. The highest BCUT2D eigenvalue weighted by molar-refractivity contribution is 7.99. The van der Waals surface area contributed by atoms with Gasteiger partial charge in [0.25, 0.3) is 0 Å². The first-order valence-corrected chi connectivity index (χ1v) is 6.27. The largest absolute Gasteiger partial charge is 0.392 e. The lowest BCUT2D eigenvalue weighted by Crippen LogP contribution is -2.10. The highest BCUT2D eigenvalue weighted by Crippen LogP contribution is 2.22. The highest BCUT2D eigenvalue weighted by atomic mass is 32.2. The van der Waals surface area contributed by atoms with Crippen molar-refractivity contribution in [1.29, 1.82) is 0 Å². The Kier molecular flexibility index (Phi) is 6.45. The number of methoxy groups -OCH3 is 1. The summed E-state index contributed by atoms with van der Waals surface area (Å²) >= 11 is 1.35. The van der Waals surface area contributed by atoms with Gasteiger partial charge in [0.1, 0.15) is 5.82 Å². The van der Waals surface area contributed by atoms with Crippen LogP contribution in [-0.2, 0) is 4.74 Å². The maximum absolute atomic E-state index is 13.2. The van der Waals surface area contributed by atoms with E-state index in [1.54, 1.807) is 25.3 Å². The molecule has 1 aromatic rings. The number of thioether (sulfide) groups is 1. The smallest absolute Gasteiger partial charge is 0.136 e. The van der Waals surface area contributed by atoms with Crippen LogP contribution in [0.3, 0.4) is 0 Å². The van der Waals surface area contributed by atoms with Crippen LogP contribution in [0.5, 0.6) is 0 Å². The predicted molar refractivity (Wildman–Crippen MR) is 64.2 cm³/mol. The number of halogens is 1. The second kappa shape index (κ2) is 7.65. The van der Waals surface area contributed by atoms with E-state index in [4.69, 9.17) is 4.74 Å². The van der Waals surface area contributed by atoms with E-state index >= 15 is 0 Å². The fourth-order valence-electron chi connectivity index (χ4n) is 1.29. The Morgan fingerprint density at radius 3 is 2.88 bits per heavy atom. The Hall–Kier alpha value is -0.580. The third-order valence-electron chi connectivity index (χ3n) is 2.15. The molecule has 0 aliphatic carbocycles. The Morgan fingerprint density at radius 1 is 1.44 bits per heavy atom. The van der Waals surface area contributed by atoms with Crippen LogP contribution in [0.4, 0.5) is 4.39 Å². The van der Waals surface area contributed by atoms with Crippen LogP contribution in [0.2, 0.25) is 0 Å². The van der Waals surface area contributed by atoms with Gasteiger partial charge < -0.3 is 9.84 Å². The summed E-state index contributed by atoms with van der Waals surface area (Å²) in [5.41, 5.74) is 0. The number of hydrogen-bond donors (Lipinski definition) is 1. The average molecular weight is 244 g/mol. The molecule has 0 radical (unpaired) electrons. The monoisotopic (exact) mass is 244 g/mol. The van der Waals surface area contributed by atoms with Crippen molar-refractivity contribution < 1.29 is 14.2 Å². The molecule has 0 aromatic heterocycles. The quantitative estimate of drug-likeness (QED) is 0.590. The third-order valence-corrected chi connectivity index (χ3v) is 3.35. The van der Waals surface area contributed by atoms with Crippen LogP contribution >= 0.6 is 11.8 Å². The summed E-state index contributed by atoms with van der Waals surface area (Å²) in [6.45, 7) is 0.654. The maximum Gasteiger partial charge on any atom is 0.136 e. The second-order valence-electron chi connectivity index (χ2n) is 3.53. The van der Waals surface area contributed by atoms with Gasteiger partial charge >= 0.3 is 0 Å². The number of aliphatic hydroxyl groups excluding tert-OH is 1. The first kappa shape index (κ1) is 13.5. The van der Waals surface area contributed by atoms with Crippen molar-refractivity contribution >= 4 is 11.8 Å². The van der Waals surface area contributed by atoms with E-state index in [2.05, 4.69) is 0 Å². The van der Waals surface area contributed by atoms with E-state index in [1.165, 1.54) is 17.8 Å². The summed E-state index contributed by atoms with van der Waals surface area (Å²) in [6.07, 6.45) is 1.12. The minimum atomic E-state index is -0.403. The molecule has 0 aliphatic heterocycles. The molecule has 0 bridgehead atoms. The van der Waals surface area contributed by atoms with Crippen molar-refractivity contribution in [2.45, 2.75) is 23.8 Å². The molecule has 1 rings (SSSR count). The molecule has 0 aliphatic rings. The van der Waals surface area contributed by atoms with Crippen LogP contribution in [0.1, 0.15) is 12.8 Å². The summed E-state index contributed by atoms with van der Waals surface area (Å²) in [7, 11) is 1.64. The lowest BCUT2D eigenvalue weighted by molar-refractivity contribution is 0.149. The molecular weight excluding hydrogens is 227 g/mol. The summed E-state index contributed by atoms with van der Waals surface area (Å²) in [4.78, 5) is 0.591. The van der Waals surface area contributed by atoms with E-state index in [9.17, 15) is 9.50 Å². The van der Waals surface area contributed by atoms with Crippen molar-refractivity contribution in [2.24, 2.45) is 0 Å². The van der Waals surface area contributed by atoms with Crippen LogP contribution in [0.15, 0.2) is 29.2 Å². The van der Waals surface area contributed by atoms with E-state index < -0.39 is 6.10 Å². The molecule has 90 valence electrons. The van der Waals surface area contributed by atoms with E-state index in [0.29, 0.717) is 23.7 Å². The van der Waals surface area contributed by atoms with Gasteiger partial charge in [-0.3, -0.25) is 0 Å². The minimum absolute atomic E-state index is 0.225. The molecule has 0 saturated heterocycles. The SMILES string of the molecule is COCCCC(O)CSc1ccccc1F. The summed E-state index contributed by atoms with van der Waals surface area (Å²) in [5.74, 6) is 0.293. The zero-order valence-electron chi connectivity index (χ0n) is 9.36. The topological polar surface area (TPSA) is 29.5 Å². The zero-order chi connectivity index (χ0) is 11.8. The summed E-state index contributed by atoms with van der Waals surface area (Å²) < 4.78 is 18.1. The molecule has 1 N–H and O–H groups in total. The molecule has 1 atom stereocenters. The van der Waals surface area contributed by atoms with Gasteiger partial charge in [0.2, 0.25) is 0 Å². The number of aliphatic hydroxyl groups is 1. The lowest BCUT2D eigenvalue weighted by atomic mass is 10.2. The molecule has 1 aromatic carbocycles. The van der Waals surface area contributed by atoms with Gasteiger partial charge in [0.15, 0.2) is 0 Å². The predicted octanol–water partition coefficient (Wildman–Crippen LogP) is 2.71. The standard InChI is InChI=1S/C12H17FO2S/c1-15-8-4-5-10(14)9-16-12-7-3-2-6-11(12)13/h2-3,6-7,10,14H,4-5,8-9H2,1H3. The van der Waals surface area contributed by atoms with E-state index in [1.807, 2.05) is 0 Å². The molecule has 0 saturated carbocycles. The Balaban J connectivity index is 2.26. The van der Waals surface area contributed by atoms with Gasteiger partial charge in [0, 0.05) is 24.4 Å². The number of rotatable bonds is 7. The second-order valence-corrected chi connectivity index (χ2v) is 4.59. The molecule has 0 heterocycles. The van der Waals surface area contributed by atoms with Gasteiger partial charge in [-0.2, -0.15) is 0 Å². The Morgan fingerprint density at radius 2 is 2.19 bits per heavy atom. The van der Waals surface area contributed by atoms with Crippen molar-refractivity contribution in [3.63, 3.8) is 0 Å². The first-order chi connectivity index (χ1) is 7.74. The van der Waals surface area contributed by atoms with Crippen LogP contribution < -0.4 is 0 Å². The highest BCUT2D eigenvalue weighted by Gasteiger charge is 2.07. The molecule has 4 heteroatoms. The molecule has 16 heavy (non-hydrogen) atoms. The number of hydrogen-bond acceptors (Lipinski definition) is 3. The third kappa shape index (κ3) is 4.96. The summed E-state index contributed by atoms with van der Waals surface area (Å²) in [5, 5.41) is 9.63. The fraction of sp³-hybridized carbons (Fsp3) is 0.500. The van der Waals surface area contributed by atoms with Crippen molar-refractivity contribution in [1.82, 2.24) is 0 Å². The van der Waals surface area contributed by atoms with Gasteiger partial charge in [0.05, 0.1) is 6.10 Å². The minimum Gasteiger partial charge on any atom is -0.392 e. The lowest BCUT2D eigenvalue weighted by Gasteiger charge is -2.09. The van der Waals surface area contributed by atoms with Crippen molar-refractivity contribution in [2.75, 3.05) is 19.5 Å². The molecule has 0 fully saturated rings. The van der Waals surface area contributed by atoms with Crippen LogP contribution in [0.25, 0.3) is 0 Å². The molecule has 0 spiro atoms. The zero-order valence-corrected chi connectivity index (χ0v) is 10.2. The van der Waals surface area contributed by atoms with Gasteiger partial charge in [-0.15, -0.1) is 11.8 Å². The fourth-order valence-corrected chi connectivity index (χ4v) is 2.21. The van der Waals surface area contributed by atoms with Gasteiger partial charge in [-0.25, -0.2) is 4.39 Å². The molecule has 0 amide bonds. The maximum atomic E-state index is 13.2. The van der Waals surface area contributed by atoms with Crippen LogP contribution in [-0.4, -0.2) is 30.7 Å². The van der Waals surface area contributed by atoms with Crippen molar-refractivity contribution in [3.05, 3.63) is 30.1 Å². The van der Waals surface area contributed by atoms with E-state index in [-0.39, 0.29) is 5.82 Å².